The van der Waals surface area contributed by atoms with Gasteiger partial charge >= 0.3 is 0 Å². The maximum atomic E-state index is 12.5. The molecule has 7 nitrogen and oxygen atoms in total. The van der Waals surface area contributed by atoms with E-state index in [2.05, 4.69) is 27.5 Å². The number of carbonyl (C=O) groups excluding carboxylic acids is 1. The molecule has 0 unspecified atom stereocenters. The maximum absolute atomic E-state index is 12.5. The minimum Gasteiger partial charge on any atom is -0.380 e. The number of hydrogen-bond acceptors (Lipinski definition) is 5. The van der Waals surface area contributed by atoms with Crippen LogP contribution >= 0.6 is 0 Å². The third kappa shape index (κ3) is 3.46. The van der Waals surface area contributed by atoms with Gasteiger partial charge in [-0.2, -0.15) is 0 Å². The zero-order valence-electron chi connectivity index (χ0n) is 14.5. The lowest BCUT2D eigenvalue weighted by atomic mass is 9.89. The number of amides is 1. The van der Waals surface area contributed by atoms with E-state index in [1.54, 1.807) is 17.1 Å². The first-order chi connectivity index (χ1) is 11.3. The SMILES string of the molecule is Cc1ccc(C(C)(C)NC(=O)c2cn(CC3(C)COC3)nn2)cn1. The van der Waals surface area contributed by atoms with Gasteiger partial charge in [0.2, 0.25) is 0 Å². The standard InChI is InChI=1S/C17H23N5O2/c1-12-5-6-13(7-18-12)16(2,3)19-15(23)14-8-22(21-20-14)9-17(4)10-24-11-17/h5-8H,9-11H2,1-4H3,(H,19,23). The molecule has 1 saturated heterocycles. The third-order valence-electron chi connectivity index (χ3n) is 4.28. The van der Waals surface area contributed by atoms with Gasteiger partial charge in [-0.05, 0) is 32.4 Å². The second-order valence-corrected chi connectivity index (χ2v) is 7.37. The van der Waals surface area contributed by atoms with Gasteiger partial charge in [-0.15, -0.1) is 5.10 Å². The summed E-state index contributed by atoms with van der Waals surface area (Å²) in [7, 11) is 0. The second kappa shape index (κ2) is 5.98. The molecular formula is C17H23N5O2. The van der Waals surface area contributed by atoms with Crippen LogP contribution in [0.15, 0.2) is 24.5 Å². The highest BCUT2D eigenvalue weighted by atomic mass is 16.5. The number of aryl methyl sites for hydroxylation is 1. The van der Waals surface area contributed by atoms with E-state index in [0.29, 0.717) is 25.5 Å². The van der Waals surface area contributed by atoms with E-state index in [0.717, 1.165) is 11.3 Å². The second-order valence-electron chi connectivity index (χ2n) is 7.37. The minimum atomic E-state index is -0.546. The summed E-state index contributed by atoms with van der Waals surface area (Å²) in [5, 5.41) is 11.0. The summed E-state index contributed by atoms with van der Waals surface area (Å²) in [4.78, 5) is 16.8. The molecule has 2 aromatic heterocycles. The highest BCUT2D eigenvalue weighted by Gasteiger charge is 2.34. The van der Waals surface area contributed by atoms with Crippen molar-refractivity contribution in [2.24, 2.45) is 5.41 Å². The maximum Gasteiger partial charge on any atom is 0.274 e. The number of pyridine rings is 1. The van der Waals surface area contributed by atoms with Gasteiger partial charge in [0.05, 0.1) is 31.5 Å². The van der Waals surface area contributed by atoms with Gasteiger partial charge in [0, 0.05) is 17.3 Å². The summed E-state index contributed by atoms with van der Waals surface area (Å²) in [5.41, 5.74) is 1.72. The van der Waals surface area contributed by atoms with Gasteiger partial charge in [0.25, 0.3) is 5.91 Å². The van der Waals surface area contributed by atoms with Gasteiger partial charge in [0.15, 0.2) is 5.69 Å². The molecule has 3 heterocycles. The Morgan fingerprint density at radius 1 is 1.42 bits per heavy atom. The Kier molecular flexibility index (Phi) is 4.13. The van der Waals surface area contributed by atoms with Crippen LogP contribution in [-0.2, 0) is 16.8 Å². The number of nitrogens with one attached hydrogen (secondary N) is 1. The van der Waals surface area contributed by atoms with Crippen molar-refractivity contribution < 1.29 is 9.53 Å². The molecule has 1 fully saturated rings. The summed E-state index contributed by atoms with van der Waals surface area (Å²) in [5.74, 6) is -0.248. The quantitative estimate of drug-likeness (QED) is 0.902. The molecule has 0 saturated carbocycles. The van der Waals surface area contributed by atoms with Crippen LogP contribution in [0, 0.1) is 12.3 Å². The summed E-state index contributed by atoms with van der Waals surface area (Å²) in [6.45, 7) is 10.1. The number of ether oxygens (including phenoxy) is 1. The van der Waals surface area contributed by atoms with Crippen molar-refractivity contribution in [3.63, 3.8) is 0 Å². The van der Waals surface area contributed by atoms with Crippen LogP contribution in [0.1, 0.15) is 42.5 Å². The van der Waals surface area contributed by atoms with E-state index in [9.17, 15) is 4.79 Å². The highest BCUT2D eigenvalue weighted by Crippen LogP contribution is 2.28. The Labute approximate surface area is 141 Å². The molecule has 1 amide bonds. The van der Waals surface area contributed by atoms with Crippen molar-refractivity contribution in [2.45, 2.75) is 39.8 Å². The predicted molar refractivity (Wildman–Crippen MR) is 88.4 cm³/mol. The largest absolute Gasteiger partial charge is 0.380 e. The first kappa shape index (κ1) is 16.6. The van der Waals surface area contributed by atoms with Gasteiger partial charge in [-0.25, -0.2) is 0 Å². The van der Waals surface area contributed by atoms with Crippen LogP contribution in [0.3, 0.4) is 0 Å². The van der Waals surface area contributed by atoms with Crippen molar-refractivity contribution in [1.29, 1.82) is 0 Å². The van der Waals surface area contributed by atoms with E-state index in [-0.39, 0.29) is 11.3 Å². The van der Waals surface area contributed by atoms with Crippen LogP contribution in [0.2, 0.25) is 0 Å². The fourth-order valence-electron chi connectivity index (χ4n) is 2.67. The van der Waals surface area contributed by atoms with E-state index in [4.69, 9.17) is 4.74 Å². The zero-order chi connectivity index (χ0) is 17.4. The molecule has 1 aliphatic rings. The fourth-order valence-corrected chi connectivity index (χ4v) is 2.67. The smallest absolute Gasteiger partial charge is 0.274 e. The molecule has 1 N–H and O–H groups in total. The third-order valence-corrected chi connectivity index (χ3v) is 4.28. The Hall–Kier alpha value is -2.28. The number of nitrogens with zero attached hydrogens (tertiary/aromatic N) is 4. The molecular weight excluding hydrogens is 306 g/mol. The van der Waals surface area contributed by atoms with Crippen molar-refractivity contribution in [3.05, 3.63) is 41.5 Å². The van der Waals surface area contributed by atoms with Crippen LogP contribution in [0.5, 0.6) is 0 Å². The Morgan fingerprint density at radius 3 is 2.75 bits per heavy atom. The number of rotatable bonds is 5. The van der Waals surface area contributed by atoms with Crippen LogP contribution in [0.4, 0.5) is 0 Å². The minimum absolute atomic E-state index is 0.0777. The summed E-state index contributed by atoms with van der Waals surface area (Å²) in [6, 6.07) is 3.90. The van der Waals surface area contributed by atoms with Crippen LogP contribution in [0.25, 0.3) is 0 Å². The van der Waals surface area contributed by atoms with Crippen LogP contribution < -0.4 is 5.32 Å². The lowest BCUT2D eigenvalue weighted by Gasteiger charge is -2.37. The van der Waals surface area contributed by atoms with Crippen molar-refractivity contribution in [2.75, 3.05) is 13.2 Å². The molecule has 0 aromatic carbocycles. The van der Waals surface area contributed by atoms with Crippen molar-refractivity contribution >= 4 is 5.91 Å². The molecule has 2 aromatic rings. The molecule has 1 aliphatic heterocycles. The van der Waals surface area contributed by atoms with Crippen molar-refractivity contribution in [3.8, 4) is 0 Å². The highest BCUT2D eigenvalue weighted by molar-refractivity contribution is 5.92. The number of hydrogen-bond donors (Lipinski definition) is 1. The number of carbonyl (C=O) groups is 1. The summed E-state index contributed by atoms with van der Waals surface area (Å²) < 4.78 is 6.95. The zero-order valence-corrected chi connectivity index (χ0v) is 14.5. The summed E-state index contributed by atoms with van der Waals surface area (Å²) >= 11 is 0. The lowest BCUT2D eigenvalue weighted by molar-refractivity contribution is -0.111. The molecule has 0 bridgehead atoms. The molecule has 3 rings (SSSR count). The monoisotopic (exact) mass is 329 g/mol. The molecule has 128 valence electrons. The average molecular weight is 329 g/mol. The van der Waals surface area contributed by atoms with E-state index in [1.807, 2.05) is 32.9 Å². The molecule has 7 heteroatoms. The Balaban J connectivity index is 1.68. The lowest BCUT2D eigenvalue weighted by Crippen LogP contribution is -2.43. The molecule has 0 atom stereocenters. The fraction of sp³-hybridized carbons (Fsp3) is 0.529. The summed E-state index contributed by atoms with van der Waals surface area (Å²) in [6.07, 6.45) is 3.46. The predicted octanol–water partition coefficient (Wildman–Crippen LogP) is 1.68. The molecule has 0 spiro atoms. The van der Waals surface area contributed by atoms with Crippen molar-refractivity contribution in [1.82, 2.24) is 25.3 Å². The Bertz CT molecular complexity index is 732. The van der Waals surface area contributed by atoms with E-state index < -0.39 is 5.54 Å². The van der Waals surface area contributed by atoms with Gasteiger partial charge in [-0.3, -0.25) is 14.5 Å². The topological polar surface area (TPSA) is 81.9 Å². The first-order valence-electron chi connectivity index (χ1n) is 8.01. The molecule has 24 heavy (non-hydrogen) atoms. The van der Waals surface area contributed by atoms with Gasteiger partial charge in [0.1, 0.15) is 0 Å². The number of aromatic nitrogens is 4. The molecule has 0 aliphatic carbocycles. The van der Waals surface area contributed by atoms with Crippen LogP contribution in [-0.4, -0.2) is 39.1 Å². The first-order valence-corrected chi connectivity index (χ1v) is 8.01. The van der Waals surface area contributed by atoms with E-state index >= 15 is 0 Å². The van der Waals surface area contributed by atoms with E-state index in [1.165, 1.54) is 0 Å². The van der Waals surface area contributed by atoms with Gasteiger partial charge in [-0.1, -0.05) is 18.2 Å². The molecule has 0 radical (unpaired) electrons. The Morgan fingerprint density at radius 2 is 2.17 bits per heavy atom. The van der Waals surface area contributed by atoms with Gasteiger partial charge < -0.3 is 10.1 Å². The average Bonchev–Trinajstić information content (AvgIpc) is 2.94. The normalized spacial score (nSPS) is 16.5.